The predicted molar refractivity (Wildman–Crippen MR) is 68.3 cm³/mol. The van der Waals surface area contributed by atoms with Gasteiger partial charge in [0.2, 0.25) is 0 Å². The van der Waals surface area contributed by atoms with Gasteiger partial charge >= 0.3 is 0 Å². The van der Waals surface area contributed by atoms with Gasteiger partial charge in [0.25, 0.3) is 0 Å². The molecule has 0 radical (unpaired) electrons. The van der Waals surface area contributed by atoms with Crippen LogP contribution in [0.4, 0.5) is 0 Å². The molecule has 0 fully saturated rings. The lowest BCUT2D eigenvalue weighted by atomic mass is 10.1. The maximum Gasteiger partial charge on any atom is 0.175 e. The van der Waals surface area contributed by atoms with Crippen molar-refractivity contribution in [3.8, 4) is 5.75 Å². The Labute approximate surface area is 108 Å². The molecule has 0 heterocycles. The predicted octanol–water partition coefficient (Wildman–Crippen LogP) is -0.0202. The number of rotatable bonds is 7. The number of benzene rings is 1. The summed E-state index contributed by atoms with van der Waals surface area (Å²) in [4.78, 5) is 11.8. The monoisotopic (exact) mass is 272 g/mol. The summed E-state index contributed by atoms with van der Waals surface area (Å²) in [7, 11) is 0.00986. The number of hydrogen-bond donors (Lipinski definition) is 2. The summed E-state index contributed by atoms with van der Waals surface area (Å²) in [6.07, 6.45) is -1.05. The molecule has 1 rings (SSSR count). The van der Waals surface area contributed by atoms with Crippen molar-refractivity contribution in [1.82, 2.24) is 0 Å². The average molecular weight is 272 g/mol. The van der Waals surface area contributed by atoms with Crippen LogP contribution in [0.3, 0.4) is 0 Å². The molecule has 5 nitrogen and oxygen atoms in total. The fourth-order valence-corrected chi connectivity index (χ4v) is 2.46. The SMILES string of the molecule is COc1cccc(C(=O)CS(=O)CC(O)CO)c1. The lowest BCUT2D eigenvalue weighted by molar-refractivity contribution is 0.101. The third-order valence-corrected chi connectivity index (χ3v) is 3.61. The molecular weight excluding hydrogens is 256 g/mol. The van der Waals surface area contributed by atoms with Crippen molar-refractivity contribution >= 4 is 16.6 Å². The number of aliphatic hydroxyl groups excluding tert-OH is 2. The van der Waals surface area contributed by atoms with E-state index in [1.165, 1.54) is 7.11 Å². The third kappa shape index (κ3) is 4.56. The van der Waals surface area contributed by atoms with Gasteiger partial charge in [-0.15, -0.1) is 0 Å². The van der Waals surface area contributed by atoms with Crippen molar-refractivity contribution in [1.29, 1.82) is 0 Å². The highest BCUT2D eigenvalue weighted by Crippen LogP contribution is 2.13. The third-order valence-electron chi connectivity index (χ3n) is 2.27. The van der Waals surface area contributed by atoms with Crippen molar-refractivity contribution in [3.63, 3.8) is 0 Å². The molecule has 2 unspecified atom stereocenters. The van der Waals surface area contributed by atoms with Crippen LogP contribution in [-0.4, -0.2) is 51.5 Å². The van der Waals surface area contributed by atoms with E-state index in [1.807, 2.05) is 0 Å². The van der Waals surface area contributed by atoms with Crippen molar-refractivity contribution in [2.45, 2.75) is 6.10 Å². The van der Waals surface area contributed by atoms with Gasteiger partial charge in [0.1, 0.15) is 5.75 Å². The Balaban J connectivity index is 2.62. The van der Waals surface area contributed by atoms with E-state index in [-0.39, 0.29) is 17.3 Å². The molecular formula is C12H16O5S. The Morgan fingerprint density at radius 1 is 1.50 bits per heavy atom. The molecule has 0 aliphatic rings. The quantitative estimate of drug-likeness (QED) is 0.682. The number of Topliss-reactive ketones (excluding diaryl/α,β-unsaturated/α-hetero) is 1. The van der Waals surface area contributed by atoms with E-state index >= 15 is 0 Å². The summed E-state index contributed by atoms with van der Waals surface area (Å²) in [5.74, 6) is -0.00409. The van der Waals surface area contributed by atoms with Crippen LogP contribution in [-0.2, 0) is 10.8 Å². The van der Waals surface area contributed by atoms with E-state index < -0.39 is 23.5 Å². The first-order valence-corrected chi connectivity index (χ1v) is 6.86. The average Bonchev–Trinajstić information content (AvgIpc) is 2.38. The van der Waals surface area contributed by atoms with Gasteiger partial charge < -0.3 is 14.9 Å². The van der Waals surface area contributed by atoms with Crippen LogP contribution in [0, 0.1) is 0 Å². The summed E-state index contributed by atoms with van der Waals surface area (Å²) < 4.78 is 16.5. The zero-order valence-electron chi connectivity index (χ0n) is 10.0. The van der Waals surface area contributed by atoms with Crippen LogP contribution in [0.2, 0.25) is 0 Å². The van der Waals surface area contributed by atoms with E-state index in [9.17, 15) is 9.00 Å². The highest BCUT2D eigenvalue weighted by Gasteiger charge is 2.14. The summed E-state index contributed by atoms with van der Waals surface area (Å²) >= 11 is 0. The van der Waals surface area contributed by atoms with Crippen molar-refractivity contribution in [2.75, 3.05) is 25.2 Å². The summed E-state index contributed by atoms with van der Waals surface area (Å²) in [6.45, 7) is -0.459. The zero-order valence-corrected chi connectivity index (χ0v) is 10.9. The first kappa shape index (κ1) is 14.8. The van der Waals surface area contributed by atoms with Gasteiger partial charge in [-0.1, -0.05) is 12.1 Å². The number of ketones is 1. The Morgan fingerprint density at radius 3 is 2.83 bits per heavy atom. The maximum atomic E-state index is 11.8. The second-order valence-electron chi connectivity index (χ2n) is 3.74. The molecule has 1 aromatic rings. The van der Waals surface area contributed by atoms with Gasteiger partial charge in [0.15, 0.2) is 5.78 Å². The molecule has 1 aromatic carbocycles. The Kier molecular flexibility index (Phi) is 5.97. The molecule has 0 saturated carbocycles. The van der Waals surface area contributed by atoms with E-state index in [0.29, 0.717) is 11.3 Å². The first-order chi connectivity index (χ1) is 8.56. The lowest BCUT2D eigenvalue weighted by Crippen LogP contribution is -2.24. The molecule has 0 aliphatic carbocycles. The summed E-state index contributed by atoms with van der Waals surface area (Å²) in [5.41, 5.74) is 0.418. The van der Waals surface area contributed by atoms with Crippen LogP contribution in [0.1, 0.15) is 10.4 Å². The normalized spacial score (nSPS) is 13.9. The van der Waals surface area contributed by atoms with Gasteiger partial charge in [-0.05, 0) is 12.1 Å². The highest BCUT2D eigenvalue weighted by atomic mass is 32.2. The number of ether oxygens (including phenoxy) is 1. The second-order valence-corrected chi connectivity index (χ2v) is 5.24. The zero-order chi connectivity index (χ0) is 13.5. The Morgan fingerprint density at radius 2 is 2.22 bits per heavy atom. The molecule has 0 aromatic heterocycles. The molecule has 100 valence electrons. The minimum Gasteiger partial charge on any atom is -0.497 e. The number of carbonyl (C=O) groups is 1. The molecule has 0 spiro atoms. The van der Waals surface area contributed by atoms with E-state index in [4.69, 9.17) is 14.9 Å². The maximum absolute atomic E-state index is 11.8. The number of aliphatic hydroxyl groups is 2. The summed E-state index contributed by atoms with van der Waals surface area (Å²) in [5, 5.41) is 17.7. The summed E-state index contributed by atoms with van der Waals surface area (Å²) in [6, 6.07) is 6.58. The molecule has 0 amide bonds. The second kappa shape index (κ2) is 7.25. The Bertz CT molecular complexity index is 432. The number of methoxy groups -OCH3 is 1. The topological polar surface area (TPSA) is 83.8 Å². The van der Waals surface area contributed by atoms with Crippen LogP contribution >= 0.6 is 0 Å². The van der Waals surface area contributed by atoms with Crippen molar-refractivity contribution in [3.05, 3.63) is 29.8 Å². The molecule has 0 bridgehead atoms. The minimum absolute atomic E-state index is 0.105. The van der Waals surface area contributed by atoms with E-state index in [2.05, 4.69) is 0 Å². The van der Waals surface area contributed by atoms with Crippen molar-refractivity contribution < 1.29 is 24.0 Å². The fourth-order valence-electron chi connectivity index (χ4n) is 1.35. The lowest BCUT2D eigenvalue weighted by Gasteiger charge is -2.07. The highest BCUT2D eigenvalue weighted by molar-refractivity contribution is 7.85. The van der Waals surface area contributed by atoms with E-state index in [0.717, 1.165) is 0 Å². The molecule has 2 N–H and O–H groups in total. The smallest absolute Gasteiger partial charge is 0.175 e. The number of hydrogen-bond acceptors (Lipinski definition) is 5. The largest absolute Gasteiger partial charge is 0.497 e. The number of carbonyl (C=O) groups excluding carboxylic acids is 1. The Hall–Kier alpha value is -1.24. The van der Waals surface area contributed by atoms with Crippen molar-refractivity contribution in [2.24, 2.45) is 0 Å². The molecule has 6 heteroatoms. The van der Waals surface area contributed by atoms with Gasteiger partial charge in [0, 0.05) is 16.4 Å². The van der Waals surface area contributed by atoms with Gasteiger partial charge in [-0.25, -0.2) is 0 Å². The van der Waals surface area contributed by atoms with Crippen LogP contribution in [0.5, 0.6) is 5.75 Å². The van der Waals surface area contributed by atoms with Crippen LogP contribution in [0.15, 0.2) is 24.3 Å². The first-order valence-electron chi connectivity index (χ1n) is 5.38. The minimum atomic E-state index is -1.49. The molecule has 0 aliphatic heterocycles. The van der Waals surface area contributed by atoms with Gasteiger partial charge in [-0.3, -0.25) is 9.00 Å². The van der Waals surface area contributed by atoms with Crippen LogP contribution in [0.25, 0.3) is 0 Å². The van der Waals surface area contributed by atoms with Crippen LogP contribution < -0.4 is 4.74 Å². The van der Waals surface area contributed by atoms with E-state index in [1.54, 1.807) is 24.3 Å². The molecule has 2 atom stereocenters. The fraction of sp³-hybridized carbons (Fsp3) is 0.417. The van der Waals surface area contributed by atoms with Gasteiger partial charge in [0.05, 0.1) is 31.3 Å². The molecule has 0 saturated heterocycles. The standard InChI is InChI=1S/C12H16O5S/c1-17-11-4-2-3-9(5-11)12(15)8-18(16)7-10(14)6-13/h2-5,10,13-14H,6-8H2,1H3. The van der Waals surface area contributed by atoms with Gasteiger partial charge in [-0.2, -0.15) is 0 Å². The molecule has 18 heavy (non-hydrogen) atoms.